The molecule has 1 saturated heterocycles. The molecule has 2 aliphatic heterocycles. The maximum Gasteiger partial charge on any atom is 0.411 e. The van der Waals surface area contributed by atoms with Crippen LogP contribution >= 0.6 is 0 Å². The number of amides is 3. The molecule has 1 unspecified atom stereocenters. The quantitative estimate of drug-likeness (QED) is 0.422. The standard InChI is InChI=1S/C35H48N4O5/c1-22-17-24-15-16-26(18-25(24)20-38(22)32(41)43-34(2,3)4)36-27-19-30(39(21-27)33(42)44-35(5,6)7)31(40)37-29-14-10-12-23-11-8-9-13-28(23)29/h8-9,11,13,15-16,18,22,27,29-30,36H,10,12,14,17,19-21H2,1-7H3,(H,37,40)/t22?,27-,29+,30+/m0/s1. The van der Waals surface area contributed by atoms with Crippen molar-refractivity contribution in [3.63, 3.8) is 0 Å². The van der Waals surface area contributed by atoms with Crippen molar-refractivity contribution >= 4 is 23.8 Å². The second-order valence-electron chi connectivity index (χ2n) is 14.5. The highest BCUT2D eigenvalue weighted by Gasteiger charge is 2.42. The number of hydrogen-bond acceptors (Lipinski definition) is 6. The lowest BCUT2D eigenvalue weighted by Crippen LogP contribution is -2.48. The van der Waals surface area contributed by atoms with Gasteiger partial charge in [-0.1, -0.05) is 30.3 Å². The summed E-state index contributed by atoms with van der Waals surface area (Å²) < 4.78 is 11.4. The molecule has 0 bridgehead atoms. The Morgan fingerprint density at radius 3 is 2.25 bits per heavy atom. The molecule has 9 heteroatoms. The van der Waals surface area contributed by atoms with Gasteiger partial charge >= 0.3 is 12.2 Å². The fraction of sp³-hybridized carbons (Fsp3) is 0.571. The van der Waals surface area contributed by atoms with E-state index in [1.54, 1.807) is 9.80 Å². The zero-order valence-corrected chi connectivity index (χ0v) is 27.2. The molecular weight excluding hydrogens is 556 g/mol. The maximum atomic E-state index is 13.8. The van der Waals surface area contributed by atoms with Gasteiger partial charge in [-0.05, 0) is 115 Å². The van der Waals surface area contributed by atoms with Crippen molar-refractivity contribution in [3.05, 3.63) is 64.7 Å². The van der Waals surface area contributed by atoms with E-state index in [2.05, 4.69) is 34.9 Å². The lowest BCUT2D eigenvalue weighted by molar-refractivity contribution is -0.126. The van der Waals surface area contributed by atoms with E-state index in [0.717, 1.165) is 42.5 Å². The number of benzene rings is 2. The van der Waals surface area contributed by atoms with E-state index in [0.29, 0.717) is 19.5 Å². The normalized spacial score (nSPS) is 23.3. The van der Waals surface area contributed by atoms with Gasteiger partial charge in [0, 0.05) is 30.9 Å². The van der Waals surface area contributed by atoms with Crippen molar-refractivity contribution in [1.82, 2.24) is 15.1 Å². The van der Waals surface area contributed by atoms with Crippen molar-refractivity contribution in [2.45, 2.75) is 122 Å². The number of hydrogen-bond donors (Lipinski definition) is 2. The average molecular weight is 605 g/mol. The molecule has 1 aliphatic carbocycles. The predicted molar refractivity (Wildman–Crippen MR) is 170 cm³/mol. The van der Waals surface area contributed by atoms with Crippen LogP contribution in [0, 0.1) is 0 Å². The zero-order valence-electron chi connectivity index (χ0n) is 27.2. The van der Waals surface area contributed by atoms with Gasteiger partial charge in [0.15, 0.2) is 0 Å². The third-order valence-corrected chi connectivity index (χ3v) is 8.51. The van der Waals surface area contributed by atoms with Gasteiger partial charge in [-0.3, -0.25) is 9.69 Å². The number of carbonyl (C=O) groups excluding carboxylic acids is 3. The number of aryl methyl sites for hydroxylation is 1. The van der Waals surface area contributed by atoms with Gasteiger partial charge in [0.05, 0.1) is 6.04 Å². The molecule has 2 aromatic carbocycles. The molecule has 5 rings (SSSR count). The van der Waals surface area contributed by atoms with Crippen LogP contribution in [0.15, 0.2) is 42.5 Å². The number of carbonyl (C=O) groups is 3. The van der Waals surface area contributed by atoms with Crippen LogP contribution in [0.5, 0.6) is 0 Å². The lowest BCUT2D eigenvalue weighted by Gasteiger charge is -2.36. The van der Waals surface area contributed by atoms with E-state index in [1.807, 2.05) is 66.7 Å². The number of rotatable bonds is 4. The van der Waals surface area contributed by atoms with Gasteiger partial charge in [-0.15, -0.1) is 0 Å². The van der Waals surface area contributed by atoms with Crippen molar-refractivity contribution in [1.29, 1.82) is 0 Å². The van der Waals surface area contributed by atoms with Crippen LogP contribution < -0.4 is 10.6 Å². The minimum atomic E-state index is -0.679. The van der Waals surface area contributed by atoms with Crippen LogP contribution in [-0.4, -0.2) is 63.8 Å². The molecule has 3 amide bonds. The van der Waals surface area contributed by atoms with E-state index in [-0.39, 0.29) is 30.1 Å². The van der Waals surface area contributed by atoms with Gasteiger partial charge in [-0.2, -0.15) is 0 Å². The average Bonchev–Trinajstić information content (AvgIpc) is 3.35. The summed E-state index contributed by atoms with van der Waals surface area (Å²) in [6.07, 6.45) is 3.30. The summed E-state index contributed by atoms with van der Waals surface area (Å²) in [6, 6.07) is 13.6. The summed E-state index contributed by atoms with van der Waals surface area (Å²) >= 11 is 0. The molecule has 0 aromatic heterocycles. The van der Waals surface area contributed by atoms with Gasteiger partial charge in [0.1, 0.15) is 17.2 Å². The van der Waals surface area contributed by atoms with Crippen LogP contribution in [0.4, 0.5) is 15.3 Å². The highest BCUT2D eigenvalue weighted by Crippen LogP contribution is 2.32. The van der Waals surface area contributed by atoms with Gasteiger partial charge in [-0.25, -0.2) is 9.59 Å². The Morgan fingerprint density at radius 1 is 0.864 bits per heavy atom. The number of nitrogens with zero attached hydrogens (tertiary/aromatic N) is 2. The minimum absolute atomic E-state index is 0.0313. The minimum Gasteiger partial charge on any atom is -0.444 e. The topological polar surface area (TPSA) is 100 Å². The lowest BCUT2D eigenvalue weighted by atomic mass is 9.87. The Hall–Kier alpha value is -3.75. The maximum absolute atomic E-state index is 13.8. The van der Waals surface area contributed by atoms with E-state index in [1.165, 1.54) is 11.1 Å². The molecule has 238 valence electrons. The largest absolute Gasteiger partial charge is 0.444 e. The molecular formula is C35H48N4O5. The summed E-state index contributed by atoms with van der Waals surface area (Å²) in [5.74, 6) is -0.158. The molecule has 0 radical (unpaired) electrons. The molecule has 0 saturated carbocycles. The van der Waals surface area contributed by atoms with E-state index < -0.39 is 23.3 Å². The van der Waals surface area contributed by atoms with Crippen LogP contribution in [0.1, 0.15) is 96.0 Å². The fourth-order valence-electron chi connectivity index (χ4n) is 6.51. The van der Waals surface area contributed by atoms with Crippen molar-refractivity contribution in [2.24, 2.45) is 0 Å². The molecule has 9 nitrogen and oxygen atoms in total. The third kappa shape index (κ3) is 7.48. The zero-order chi connectivity index (χ0) is 31.8. The number of ether oxygens (including phenoxy) is 2. The summed E-state index contributed by atoms with van der Waals surface area (Å²) in [7, 11) is 0. The van der Waals surface area contributed by atoms with Gasteiger partial charge in [0.2, 0.25) is 5.91 Å². The van der Waals surface area contributed by atoms with E-state index >= 15 is 0 Å². The number of likely N-dealkylation sites (tertiary alicyclic amines) is 1. The summed E-state index contributed by atoms with van der Waals surface area (Å²) in [4.78, 5) is 43.4. The summed E-state index contributed by atoms with van der Waals surface area (Å²) in [5.41, 5.74) is 4.34. The van der Waals surface area contributed by atoms with Crippen LogP contribution in [-0.2, 0) is 33.7 Å². The highest BCUT2D eigenvalue weighted by atomic mass is 16.6. The third-order valence-electron chi connectivity index (χ3n) is 8.51. The molecule has 2 heterocycles. The Kier molecular flexibility index (Phi) is 8.87. The molecule has 2 N–H and O–H groups in total. The Balaban J connectivity index is 1.31. The number of nitrogens with one attached hydrogen (secondary N) is 2. The van der Waals surface area contributed by atoms with E-state index in [9.17, 15) is 14.4 Å². The molecule has 2 aromatic rings. The SMILES string of the molecule is CC1Cc2ccc(N[C@H]3C[C@H](C(=O)N[C@@H]4CCCc5ccccc54)N(C(=O)OC(C)(C)C)C3)cc2CN1C(=O)OC(C)(C)C. The number of anilines is 1. The van der Waals surface area contributed by atoms with Crippen LogP contribution in [0.2, 0.25) is 0 Å². The molecule has 1 fully saturated rings. The fourth-order valence-corrected chi connectivity index (χ4v) is 6.51. The molecule has 44 heavy (non-hydrogen) atoms. The first-order valence-corrected chi connectivity index (χ1v) is 15.9. The Bertz CT molecular complexity index is 1390. The van der Waals surface area contributed by atoms with E-state index in [4.69, 9.17) is 9.47 Å². The first-order valence-electron chi connectivity index (χ1n) is 15.9. The molecule has 0 spiro atoms. The van der Waals surface area contributed by atoms with Crippen LogP contribution in [0.25, 0.3) is 0 Å². The monoisotopic (exact) mass is 604 g/mol. The Morgan fingerprint density at radius 2 is 1.55 bits per heavy atom. The van der Waals surface area contributed by atoms with Crippen LogP contribution in [0.3, 0.4) is 0 Å². The Labute approximate surface area is 261 Å². The van der Waals surface area contributed by atoms with Crippen molar-refractivity contribution < 1.29 is 23.9 Å². The first-order chi connectivity index (χ1) is 20.7. The second kappa shape index (κ2) is 12.3. The highest BCUT2D eigenvalue weighted by molar-refractivity contribution is 5.87. The van der Waals surface area contributed by atoms with Crippen molar-refractivity contribution in [2.75, 3.05) is 11.9 Å². The summed E-state index contributed by atoms with van der Waals surface area (Å²) in [5, 5.41) is 6.83. The van der Waals surface area contributed by atoms with Gasteiger partial charge in [0.25, 0.3) is 0 Å². The number of fused-ring (bicyclic) bond motifs is 2. The first kappa shape index (κ1) is 31.7. The molecule has 4 atom stereocenters. The smallest absolute Gasteiger partial charge is 0.411 e. The van der Waals surface area contributed by atoms with Gasteiger partial charge < -0.3 is 25.0 Å². The summed E-state index contributed by atoms with van der Waals surface area (Å²) in [6.45, 7) is 14.0. The predicted octanol–water partition coefficient (Wildman–Crippen LogP) is 6.35. The van der Waals surface area contributed by atoms with Crippen molar-refractivity contribution in [3.8, 4) is 0 Å². The molecule has 3 aliphatic rings. The second-order valence-corrected chi connectivity index (χ2v) is 14.5.